The van der Waals surface area contributed by atoms with Crippen molar-refractivity contribution in [3.05, 3.63) is 42.0 Å². The molecule has 2 aromatic carbocycles. The Hall–Kier alpha value is -3.22. The monoisotopic (exact) mass is 384 g/mol. The summed E-state index contributed by atoms with van der Waals surface area (Å²) in [6.07, 6.45) is 0.134. The minimum Gasteiger partial charge on any atom is -0.497 e. The van der Waals surface area contributed by atoms with Crippen molar-refractivity contribution in [2.24, 2.45) is 5.92 Å². The van der Waals surface area contributed by atoms with E-state index in [0.29, 0.717) is 28.6 Å². The average Bonchev–Trinajstić information content (AvgIpc) is 3.09. The number of rotatable bonds is 6. The van der Waals surface area contributed by atoms with Gasteiger partial charge in [-0.15, -0.1) is 0 Å². The van der Waals surface area contributed by atoms with E-state index in [0.717, 1.165) is 5.56 Å². The van der Waals surface area contributed by atoms with E-state index in [1.54, 1.807) is 43.4 Å². The highest BCUT2D eigenvalue weighted by molar-refractivity contribution is 6.04. The summed E-state index contributed by atoms with van der Waals surface area (Å²) in [7, 11) is 4.65. The van der Waals surface area contributed by atoms with Gasteiger partial charge in [-0.05, 0) is 36.8 Å². The van der Waals surface area contributed by atoms with Crippen molar-refractivity contribution >= 4 is 23.2 Å². The second-order valence-corrected chi connectivity index (χ2v) is 6.64. The fourth-order valence-electron chi connectivity index (χ4n) is 3.28. The van der Waals surface area contributed by atoms with Crippen LogP contribution >= 0.6 is 0 Å². The molecule has 0 saturated carbocycles. The van der Waals surface area contributed by atoms with Crippen LogP contribution in [0.5, 0.6) is 17.2 Å². The van der Waals surface area contributed by atoms with Gasteiger partial charge < -0.3 is 24.4 Å². The molecule has 0 unspecified atom stereocenters. The van der Waals surface area contributed by atoms with Gasteiger partial charge in [-0.1, -0.05) is 6.07 Å². The first-order valence-electron chi connectivity index (χ1n) is 8.94. The number of methoxy groups -OCH3 is 3. The van der Waals surface area contributed by atoms with Crippen molar-refractivity contribution in [2.45, 2.75) is 13.3 Å². The second-order valence-electron chi connectivity index (χ2n) is 6.64. The molecule has 0 aliphatic carbocycles. The smallest absolute Gasteiger partial charge is 0.229 e. The lowest BCUT2D eigenvalue weighted by atomic mass is 10.1. The standard InChI is InChI=1S/C21H24N2O5/c1-13-5-8-18(27-3)16(9-13)22-21(25)14-10-20(24)23(12-14)17-7-6-15(26-2)11-19(17)28-4/h5-9,11,14H,10,12H2,1-4H3,(H,22,25)/t14-/m1/s1. The summed E-state index contributed by atoms with van der Waals surface area (Å²) in [5.41, 5.74) is 2.22. The van der Waals surface area contributed by atoms with Crippen LogP contribution in [-0.2, 0) is 9.59 Å². The highest BCUT2D eigenvalue weighted by Crippen LogP contribution is 2.36. The number of benzene rings is 2. The molecule has 3 rings (SSSR count). The normalized spacial score (nSPS) is 16.1. The van der Waals surface area contributed by atoms with E-state index in [2.05, 4.69) is 5.32 Å². The predicted octanol–water partition coefficient (Wildman–Crippen LogP) is 3.01. The first-order valence-corrected chi connectivity index (χ1v) is 8.94. The second kappa shape index (κ2) is 8.21. The van der Waals surface area contributed by atoms with Crippen LogP contribution in [0.25, 0.3) is 0 Å². The Morgan fingerprint density at radius 1 is 1.04 bits per heavy atom. The molecule has 1 fully saturated rings. The summed E-state index contributed by atoms with van der Waals surface area (Å²) in [5.74, 6) is 0.927. The molecular weight excluding hydrogens is 360 g/mol. The topological polar surface area (TPSA) is 77.1 Å². The number of ether oxygens (including phenoxy) is 3. The van der Waals surface area contributed by atoms with Crippen LogP contribution in [0.15, 0.2) is 36.4 Å². The largest absolute Gasteiger partial charge is 0.497 e. The molecule has 7 nitrogen and oxygen atoms in total. The average molecular weight is 384 g/mol. The van der Waals surface area contributed by atoms with Crippen LogP contribution in [0.4, 0.5) is 11.4 Å². The SMILES string of the molecule is COc1ccc(N2C[C@H](C(=O)Nc3cc(C)ccc3OC)CC2=O)c(OC)c1. The van der Waals surface area contributed by atoms with Crippen molar-refractivity contribution < 1.29 is 23.8 Å². The van der Waals surface area contributed by atoms with Crippen molar-refractivity contribution in [3.8, 4) is 17.2 Å². The van der Waals surface area contributed by atoms with Crippen LogP contribution in [-0.4, -0.2) is 39.7 Å². The van der Waals surface area contributed by atoms with Crippen LogP contribution in [0.3, 0.4) is 0 Å². The molecule has 0 aromatic heterocycles. The van der Waals surface area contributed by atoms with Crippen molar-refractivity contribution in [1.82, 2.24) is 0 Å². The molecule has 0 radical (unpaired) electrons. The van der Waals surface area contributed by atoms with Crippen LogP contribution in [0.1, 0.15) is 12.0 Å². The number of anilines is 2. The van der Waals surface area contributed by atoms with Gasteiger partial charge >= 0.3 is 0 Å². The number of amides is 2. The minimum absolute atomic E-state index is 0.125. The van der Waals surface area contributed by atoms with E-state index in [1.807, 2.05) is 19.1 Å². The number of hydrogen-bond donors (Lipinski definition) is 1. The number of carbonyl (C=O) groups excluding carboxylic acids is 2. The molecule has 0 spiro atoms. The highest BCUT2D eigenvalue weighted by atomic mass is 16.5. The molecule has 1 saturated heterocycles. The first-order chi connectivity index (χ1) is 13.5. The Morgan fingerprint density at radius 3 is 2.46 bits per heavy atom. The minimum atomic E-state index is -0.468. The number of hydrogen-bond acceptors (Lipinski definition) is 5. The van der Waals surface area contributed by atoms with E-state index in [9.17, 15) is 9.59 Å². The van der Waals surface area contributed by atoms with Crippen molar-refractivity contribution in [1.29, 1.82) is 0 Å². The summed E-state index contributed by atoms with van der Waals surface area (Å²) in [6, 6.07) is 10.8. The number of nitrogens with zero attached hydrogens (tertiary/aromatic N) is 1. The van der Waals surface area contributed by atoms with Crippen molar-refractivity contribution in [3.63, 3.8) is 0 Å². The Kier molecular flexibility index (Phi) is 5.73. The Morgan fingerprint density at radius 2 is 1.79 bits per heavy atom. The molecule has 1 N–H and O–H groups in total. The molecule has 1 aliphatic rings. The van der Waals surface area contributed by atoms with Gasteiger partial charge in [0, 0.05) is 19.0 Å². The zero-order chi connectivity index (χ0) is 20.3. The lowest BCUT2D eigenvalue weighted by Crippen LogP contribution is -2.28. The van der Waals surface area contributed by atoms with E-state index in [4.69, 9.17) is 14.2 Å². The summed E-state index contributed by atoms with van der Waals surface area (Å²) < 4.78 is 15.9. The van der Waals surface area contributed by atoms with Gasteiger partial charge in [0.15, 0.2) is 0 Å². The third-order valence-electron chi connectivity index (χ3n) is 4.79. The maximum Gasteiger partial charge on any atom is 0.229 e. The summed E-state index contributed by atoms with van der Waals surface area (Å²) in [6.45, 7) is 2.22. The highest BCUT2D eigenvalue weighted by Gasteiger charge is 2.36. The fourth-order valence-corrected chi connectivity index (χ4v) is 3.28. The molecule has 1 atom stereocenters. The molecule has 7 heteroatoms. The van der Waals surface area contributed by atoms with E-state index >= 15 is 0 Å². The summed E-state index contributed by atoms with van der Waals surface area (Å²) >= 11 is 0. The van der Waals surface area contributed by atoms with Gasteiger partial charge in [-0.3, -0.25) is 9.59 Å². The number of carbonyl (C=O) groups is 2. The Bertz CT molecular complexity index is 896. The number of aryl methyl sites for hydroxylation is 1. The molecular formula is C21H24N2O5. The zero-order valence-electron chi connectivity index (χ0n) is 16.4. The summed E-state index contributed by atoms with van der Waals surface area (Å²) in [5, 5.41) is 2.89. The predicted molar refractivity (Wildman–Crippen MR) is 106 cm³/mol. The molecule has 2 aromatic rings. The quantitative estimate of drug-likeness (QED) is 0.828. The lowest BCUT2D eigenvalue weighted by molar-refractivity contribution is -0.122. The summed E-state index contributed by atoms with van der Waals surface area (Å²) in [4.78, 5) is 26.9. The fraction of sp³-hybridized carbons (Fsp3) is 0.333. The van der Waals surface area contributed by atoms with Gasteiger partial charge in [0.25, 0.3) is 0 Å². The molecule has 2 amide bonds. The first kappa shape index (κ1) is 19.5. The zero-order valence-corrected chi connectivity index (χ0v) is 16.4. The molecule has 1 aliphatic heterocycles. The van der Waals surface area contributed by atoms with Gasteiger partial charge in [0.1, 0.15) is 17.2 Å². The Balaban J connectivity index is 1.78. The molecule has 0 bridgehead atoms. The third-order valence-corrected chi connectivity index (χ3v) is 4.79. The lowest BCUT2D eigenvalue weighted by Gasteiger charge is -2.20. The van der Waals surface area contributed by atoms with Gasteiger partial charge in [0.05, 0.1) is 38.6 Å². The van der Waals surface area contributed by atoms with E-state index < -0.39 is 5.92 Å². The number of nitrogens with one attached hydrogen (secondary N) is 1. The van der Waals surface area contributed by atoms with E-state index in [1.165, 1.54) is 7.11 Å². The molecule has 28 heavy (non-hydrogen) atoms. The molecule has 1 heterocycles. The van der Waals surface area contributed by atoms with Crippen molar-refractivity contribution in [2.75, 3.05) is 38.1 Å². The van der Waals surface area contributed by atoms with E-state index in [-0.39, 0.29) is 24.8 Å². The van der Waals surface area contributed by atoms with Gasteiger partial charge in [0.2, 0.25) is 11.8 Å². The maximum absolute atomic E-state index is 12.8. The van der Waals surface area contributed by atoms with Gasteiger partial charge in [-0.25, -0.2) is 0 Å². The van der Waals surface area contributed by atoms with Crippen LogP contribution < -0.4 is 24.4 Å². The van der Waals surface area contributed by atoms with Gasteiger partial charge in [-0.2, -0.15) is 0 Å². The van der Waals surface area contributed by atoms with Crippen LogP contribution in [0.2, 0.25) is 0 Å². The molecule has 148 valence electrons. The maximum atomic E-state index is 12.8. The Labute approximate surface area is 164 Å². The van der Waals surface area contributed by atoms with Crippen LogP contribution in [0, 0.1) is 12.8 Å². The third kappa shape index (κ3) is 3.88.